The maximum absolute atomic E-state index is 13.2. The molecule has 174 valence electrons. The summed E-state index contributed by atoms with van der Waals surface area (Å²) in [6.45, 7) is 9.27. The molecule has 3 aromatic rings. The van der Waals surface area contributed by atoms with Gasteiger partial charge in [0, 0.05) is 18.1 Å². The molecule has 0 unspecified atom stereocenters. The second-order valence-electron chi connectivity index (χ2n) is 7.05. The lowest BCUT2D eigenvalue weighted by molar-refractivity contribution is -0.120. The van der Waals surface area contributed by atoms with E-state index in [1.54, 1.807) is 36.3 Å². The van der Waals surface area contributed by atoms with Gasteiger partial charge in [0.25, 0.3) is 5.91 Å². The first-order valence-corrected chi connectivity index (χ1v) is 11.5. The summed E-state index contributed by atoms with van der Waals surface area (Å²) in [4.78, 5) is 21.9. The van der Waals surface area contributed by atoms with Crippen LogP contribution in [-0.2, 0) is 4.79 Å². The number of aryl methyl sites for hydroxylation is 1. The molecule has 0 aliphatic carbocycles. The number of aromatic nitrogens is 1. The van der Waals surface area contributed by atoms with Gasteiger partial charge in [-0.05, 0) is 62.0 Å². The van der Waals surface area contributed by atoms with Gasteiger partial charge in [0.05, 0.1) is 17.3 Å². The maximum atomic E-state index is 13.2. The molecule has 32 heavy (non-hydrogen) atoms. The number of carbonyl (C=O) groups is 1. The summed E-state index contributed by atoms with van der Waals surface area (Å²) in [5.74, 6) is 1.22. The molecule has 0 spiro atoms. The van der Waals surface area contributed by atoms with Crippen molar-refractivity contribution < 1.29 is 14.3 Å². The minimum atomic E-state index is -0.134. The van der Waals surface area contributed by atoms with Crippen LogP contribution in [-0.4, -0.2) is 55.7 Å². The topological polar surface area (TPSA) is 54.9 Å². The highest BCUT2D eigenvalue weighted by molar-refractivity contribution is 7.22. The lowest BCUT2D eigenvalue weighted by Gasteiger charge is -2.24. The van der Waals surface area contributed by atoms with E-state index >= 15 is 0 Å². The van der Waals surface area contributed by atoms with Gasteiger partial charge in [-0.25, -0.2) is 4.98 Å². The summed E-state index contributed by atoms with van der Waals surface area (Å²) in [7, 11) is 1.61. The predicted molar refractivity (Wildman–Crippen MR) is 135 cm³/mol. The molecule has 9 heteroatoms. The summed E-state index contributed by atoms with van der Waals surface area (Å²) in [5.41, 5.74) is 1.76. The molecule has 0 aliphatic heterocycles. The molecule has 3 rings (SSSR count). The Morgan fingerprint density at radius 3 is 2.34 bits per heavy atom. The van der Waals surface area contributed by atoms with Crippen LogP contribution in [0.15, 0.2) is 36.4 Å². The Labute approximate surface area is 204 Å². The fourth-order valence-electron chi connectivity index (χ4n) is 3.21. The number of thiazole rings is 1. The minimum absolute atomic E-state index is 0. The number of nitrogens with zero attached hydrogens (tertiary/aromatic N) is 3. The van der Waals surface area contributed by atoms with Gasteiger partial charge >= 0.3 is 0 Å². The Bertz CT molecular complexity index is 1020. The quantitative estimate of drug-likeness (QED) is 0.373. The van der Waals surface area contributed by atoms with Crippen LogP contribution < -0.4 is 14.4 Å². The lowest BCUT2D eigenvalue weighted by Crippen LogP contribution is -2.41. The standard InChI is InChI=1S/C23H28ClN3O3S.ClH/c1-5-26(6-2)13-14-27(21(28)15-30-18-9-7-17(29-4)8-10-18)23-25-22-16(3)19(24)11-12-20(22)31-23;/h7-12H,5-6,13-15H2,1-4H3;1H. The molecule has 0 atom stereocenters. The number of amides is 1. The molecule has 0 bridgehead atoms. The lowest BCUT2D eigenvalue weighted by atomic mass is 10.2. The van der Waals surface area contributed by atoms with Crippen molar-refractivity contribution in [2.45, 2.75) is 20.8 Å². The molecule has 0 saturated carbocycles. The molecule has 0 aliphatic rings. The monoisotopic (exact) mass is 497 g/mol. The van der Waals surface area contributed by atoms with Gasteiger partial charge in [0.2, 0.25) is 0 Å². The summed E-state index contributed by atoms with van der Waals surface area (Å²) in [5, 5.41) is 1.34. The number of hydrogen-bond acceptors (Lipinski definition) is 6. The highest BCUT2D eigenvalue weighted by atomic mass is 35.5. The van der Waals surface area contributed by atoms with Crippen LogP contribution in [0.25, 0.3) is 10.2 Å². The van der Waals surface area contributed by atoms with Crippen molar-refractivity contribution in [2.24, 2.45) is 0 Å². The number of benzene rings is 2. The molecule has 0 radical (unpaired) electrons. The van der Waals surface area contributed by atoms with Crippen molar-refractivity contribution in [2.75, 3.05) is 44.8 Å². The van der Waals surface area contributed by atoms with Crippen molar-refractivity contribution >= 4 is 56.6 Å². The first-order chi connectivity index (χ1) is 15.0. The number of carbonyl (C=O) groups excluding carboxylic acids is 1. The number of ether oxygens (including phenoxy) is 2. The fraction of sp³-hybridized carbons (Fsp3) is 0.391. The first kappa shape index (κ1) is 26.2. The Hall–Kier alpha value is -2.06. The number of rotatable bonds is 10. The van der Waals surface area contributed by atoms with Crippen LogP contribution in [0.2, 0.25) is 5.02 Å². The maximum Gasteiger partial charge on any atom is 0.266 e. The molecular weight excluding hydrogens is 469 g/mol. The second kappa shape index (κ2) is 12.3. The van der Waals surface area contributed by atoms with Crippen molar-refractivity contribution in [3.63, 3.8) is 0 Å². The van der Waals surface area contributed by atoms with E-state index in [-0.39, 0.29) is 24.9 Å². The van der Waals surface area contributed by atoms with Gasteiger partial charge in [-0.1, -0.05) is 36.8 Å². The van der Waals surface area contributed by atoms with E-state index in [4.69, 9.17) is 26.1 Å². The highest BCUT2D eigenvalue weighted by Gasteiger charge is 2.22. The van der Waals surface area contributed by atoms with E-state index in [0.29, 0.717) is 22.4 Å². The number of fused-ring (bicyclic) bond motifs is 1. The Kier molecular flexibility index (Phi) is 10.0. The first-order valence-electron chi connectivity index (χ1n) is 10.3. The van der Waals surface area contributed by atoms with Crippen LogP contribution in [0, 0.1) is 6.92 Å². The van der Waals surface area contributed by atoms with Gasteiger partial charge < -0.3 is 14.4 Å². The minimum Gasteiger partial charge on any atom is -0.497 e. The molecule has 1 amide bonds. The second-order valence-corrected chi connectivity index (χ2v) is 8.47. The van der Waals surface area contributed by atoms with Gasteiger partial charge in [-0.15, -0.1) is 12.4 Å². The van der Waals surface area contributed by atoms with Crippen molar-refractivity contribution in [1.29, 1.82) is 0 Å². The third-order valence-corrected chi connectivity index (χ3v) is 6.68. The molecular formula is C23H29Cl2N3O3S. The average molecular weight is 498 g/mol. The van der Waals surface area contributed by atoms with Crippen LogP contribution in [0.4, 0.5) is 5.13 Å². The molecule has 0 fully saturated rings. The van der Waals surface area contributed by atoms with Crippen molar-refractivity contribution in [1.82, 2.24) is 9.88 Å². The number of methoxy groups -OCH3 is 1. The molecule has 6 nitrogen and oxygen atoms in total. The van der Waals surface area contributed by atoms with E-state index in [1.807, 2.05) is 19.1 Å². The smallest absolute Gasteiger partial charge is 0.266 e. The van der Waals surface area contributed by atoms with Crippen LogP contribution in [0.5, 0.6) is 11.5 Å². The third-order valence-electron chi connectivity index (χ3n) is 5.22. The van der Waals surface area contributed by atoms with E-state index in [0.717, 1.165) is 41.2 Å². The van der Waals surface area contributed by atoms with E-state index in [9.17, 15) is 4.79 Å². The fourth-order valence-corrected chi connectivity index (χ4v) is 4.43. The number of likely N-dealkylation sites (N-methyl/N-ethyl adjacent to an activating group) is 1. The van der Waals surface area contributed by atoms with Gasteiger partial charge in [0.1, 0.15) is 11.5 Å². The van der Waals surface area contributed by atoms with Gasteiger partial charge in [-0.3, -0.25) is 9.69 Å². The normalized spacial score (nSPS) is 10.8. The summed E-state index contributed by atoms with van der Waals surface area (Å²) in [6.07, 6.45) is 0. The molecule has 0 saturated heterocycles. The molecule has 0 N–H and O–H groups in total. The zero-order valence-corrected chi connectivity index (χ0v) is 21.1. The Balaban J connectivity index is 0.00000363. The summed E-state index contributed by atoms with van der Waals surface area (Å²) < 4.78 is 11.9. The third kappa shape index (κ3) is 6.25. The molecule has 2 aromatic carbocycles. The SMILES string of the molecule is CCN(CC)CCN(C(=O)COc1ccc(OC)cc1)c1nc2c(C)c(Cl)ccc2s1.Cl. The van der Waals surface area contributed by atoms with Gasteiger partial charge in [0.15, 0.2) is 11.7 Å². The van der Waals surface area contributed by atoms with Gasteiger partial charge in [-0.2, -0.15) is 0 Å². The zero-order valence-electron chi connectivity index (χ0n) is 18.8. The summed E-state index contributed by atoms with van der Waals surface area (Å²) in [6, 6.07) is 11.0. The Morgan fingerprint density at radius 1 is 1.06 bits per heavy atom. The molecule has 1 heterocycles. The average Bonchev–Trinajstić information content (AvgIpc) is 3.22. The number of hydrogen-bond donors (Lipinski definition) is 0. The van der Waals surface area contributed by atoms with Crippen molar-refractivity contribution in [3.8, 4) is 11.5 Å². The van der Waals surface area contributed by atoms with Crippen LogP contribution in [0.1, 0.15) is 19.4 Å². The zero-order chi connectivity index (χ0) is 22.4. The predicted octanol–water partition coefficient (Wildman–Crippen LogP) is 5.44. The largest absolute Gasteiger partial charge is 0.497 e. The van der Waals surface area contributed by atoms with E-state index in [2.05, 4.69) is 18.7 Å². The van der Waals surface area contributed by atoms with Crippen molar-refractivity contribution in [3.05, 3.63) is 47.0 Å². The highest BCUT2D eigenvalue weighted by Crippen LogP contribution is 2.33. The van der Waals surface area contributed by atoms with Crippen LogP contribution in [0.3, 0.4) is 0 Å². The summed E-state index contributed by atoms with van der Waals surface area (Å²) >= 11 is 7.76. The van der Waals surface area contributed by atoms with E-state index < -0.39 is 0 Å². The van der Waals surface area contributed by atoms with Crippen LogP contribution >= 0.6 is 35.3 Å². The number of halogens is 2. The van der Waals surface area contributed by atoms with E-state index in [1.165, 1.54) is 11.3 Å². The Morgan fingerprint density at radius 2 is 1.72 bits per heavy atom. The number of anilines is 1. The molecule has 1 aromatic heterocycles.